The lowest BCUT2D eigenvalue weighted by Crippen LogP contribution is -2.38. The number of likely N-dealkylation sites (tertiary alicyclic amines) is 1. The molecule has 1 unspecified atom stereocenters. The standard InChI is InChI=1S/C14H23N3O/c1-2-12-4-3-7-16(10-12)8-9-17-11-13(15)5-6-14(17)18/h5-6,11-12H,2-4,7-10,15H2,1H3. The molecular weight excluding hydrogens is 226 g/mol. The molecule has 18 heavy (non-hydrogen) atoms. The zero-order chi connectivity index (χ0) is 13.0. The van der Waals surface area contributed by atoms with Crippen LogP contribution in [0.5, 0.6) is 0 Å². The third-order valence-corrected chi connectivity index (χ3v) is 3.84. The summed E-state index contributed by atoms with van der Waals surface area (Å²) in [5.74, 6) is 0.830. The van der Waals surface area contributed by atoms with Crippen LogP contribution < -0.4 is 11.3 Å². The fourth-order valence-corrected chi connectivity index (χ4v) is 2.66. The number of hydrogen-bond donors (Lipinski definition) is 1. The lowest BCUT2D eigenvalue weighted by Gasteiger charge is -2.32. The maximum absolute atomic E-state index is 11.7. The number of rotatable bonds is 4. The first kappa shape index (κ1) is 13.1. The van der Waals surface area contributed by atoms with E-state index in [9.17, 15) is 4.79 Å². The Hall–Kier alpha value is -1.29. The average molecular weight is 249 g/mol. The highest BCUT2D eigenvalue weighted by molar-refractivity contribution is 5.33. The summed E-state index contributed by atoms with van der Waals surface area (Å²) >= 11 is 0. The van der Waals surface area contributed by atoms with Gasteiger partial charge in [0.2, 0.25) is 0 Å². The Labute approximate surface area is 108 Å². The van der Waals surface area contributed by atoms with Crippen molar-refractivity contribution in [3.8, 4) is 0 Å². The molecule has 1 aromatic heterocycles. The first-order chi connectivity index (χ1) is 8.69. The van der Waals surface area contributed by atoms with E-state index in [-0.39, 0.29) is 5.56 Å². The van der Waals surface area contributed by atoms with Crippen molar-refractivity contribution in [2.24, 2.45) is 5.92 Å². The van der Waals surface area contributed by atoms with Crippen LogP contribution in [-0.4, -0.2) is 29.1 Å². The molecule has 1 aliphatic rings. The van der Waals surface area contributed by atoms with Gasteiger partial charge >= 0.3 is 0 Å². The molecule has 1 atom stereocenters. The van der Waals surface area contributed by atoms with E-state index in [0.717, 1.165) is 25.6 Å². The van der Waals surface area contributed by atoms with Gasteiger partial charge in [-0.3, -0.25) is 4.79 Å². The summed E-state index contributed by atoms with van der Waals surface area (Å²) in [7, 11) is 0. The zero-order valence-corrected chi connectivity index (χ0v) is 11.1. The van der Waals surface area contributed by atoms with Crippen molar-refractivity contribution in [2.45, 2.75) is 32.7 Å². The van der Waals surface area contributed by atoms with Gasteiger partial charge in [0.1, 0.15) is 0 Å². The Morgan fingerprint density at radius 3 is 3.00 bits per heavy atom. The highest BCUT2D eigenvalue weighted by Gasteiger charge is 2.17. The molecule has 100 valence electrons. The van der Waals surface area contributed by atoms with Crippen LogP contribution in [0, 0.1) is 5.92 Å². The van der Waals surface area contributed by atoms with Gasteiger partial charge in [0.15, 0.2) is 0 Å². The minimum Gasteiger partial charge on any atom is -0.398 e. The molecule has 0 radical (unpaired) electrons. The number of pyridine rings is 1. The van der Waals surface area contributed by atoms with Gasteiger partial charge in [0.05, 0.1) is 0 Å². The molecule has 4 heteroatoms. The lowest BCUT2D eigenvalue weighted by molar-refractivity contribution is 0.166. The monoisotopic (exact) mass is 249 g/mol. The van der Waals surface area contributed by atoms with E-state index in [2.05, 4.69) is 11.8 Å². The maximum Gasteiger partial charge on any atom is 0.250 e. The van der Waals surface area contributed by atoms with E-state index in [0.29, 0.717) is 5.69 Å². The molecule has 1 aliphatic heterocycles. The number of piperidine rings is 1. The summed E-state index contributed by atoms with van der Waals surface area (Å²) in [6, 6.07) is 3.20. The average Bonchev–Trinajstić information content (AvgIpc) is 2.40. The van der Waals surface area contributed by atoms with Crippen LogP contribution in [0.2, 0.25) is 0 Å². The van der Waals surface area contributed by atoms with Gasteiger partial charge in [-0.2, -0.15) is 0 Å². The van der Waals surface area contributed by atoms with Crippen molar-refractivity contribution >= 4 is 5.69 Å². The number of nitrogen functional groups attached to an aromatic ring is 1. The van der Waals surface area contributed by atoms with Gasteiger partial charge in [-0.25, -0.2) is 0 Å². The molecule has 1 fully saturated rings. The number of hydrogen-bond acceptors (Lipinski definition) is 3. The molecule has 1 aromatic rings. The Morgan fingerprint density at radius 2 is 2.22 bits per heavy atom. The van der Waals surface area contributed by atoms with Crippen LogP contribution in [0.4, 0.5) is 5.69 Å². The van der Waals surface area contributed by atoms with Crippen LogP contribution in [0.3, 0.4) is 0 Å². The second-order valence-corrected chi connectivity index (χ2v) is 5.21. The Kier molecular flexibility index (Phi) is 4.42. The van der Waals surface area contributed by atoms with E-state index in [1.165, 1.54) is 25.8 Å². The largest absolute Gasteiger partial charge is 0.398 e. The van der Waals surface area contributed by atoms with Crippen molar-refractivity contribution in [1.82, 2.24) is 9.47 Å². The van der Waals surface area contributed by atoms with Crippen LogP contribution in [0.1, 0.15) is 26.2 Å². The molecule has 2 rings (SSSR count). The molecule has 0 saturated carbocycles. The van der Waals surface area contributed by atoms with Crippen LogP contribution in [0.15, 0.2) is 23.1 Å². The highest BCUT2D eigenvalue weighted by Crippen LogP contribution is 2.18. The second-order valence-electron chi connectivity index (χ2n) is 5.21. The van der Waals surface area contributed by atoms with Crippen LogP contribution in [-0.2, 0) is 6.54 Å². The van der Waals surface area contributed by atoms with Gasteiger partial charge in [0, 0.05) is 37.6 Å². The Morgan fingerprint density at radius 1 is 1.39 bits per heavy atom. The molecule has 0 spiro atoms. The summed E-state index contributed by atoms with van der Waals surface area (Å²) in [5.41, 5.74) is 6.39. The van der Waals surface area contributed by atoms with Gasteiger partial charge in [-0.15, -0.1) is 0 Å². The normalized spacial score (nSPS) is 21.1. The third kappa shape index (κ3) is 3.35. The van der Waals surface area contributed by atoms with Crippen molar-refractivity contribution < 1.29 is 0 Å². The topological polar surface area (TPSA) is 51.3 Å². The molecule has 4 nitrogen and oxygen atoms in total. The van der Waals surface area contributed by atoms with Crippen molar-refractivity contribution in [3.05, 3.63) is 28.7 Å². The van der Waals surface area contributed by atoms with E-state index in [1.807, 2.05) is 0 Å². The van der Waals surface area contributed by atoms with E-state index >= 15 is 0 Å². The smallest absolute Gasteiger partial charge is 0.250 e. The van der Waals surface area contributed by atoms with E-state index < -0.39 is 0 Å². The van der Waals surface area contributed by atoms with E-state index in [1.54, 1.807) is 22.9 Å². The lowest BCUT2D eigenvalue weighted by atomic mass is 9.96. The van der Waals surface area contributed by atoms with Crippen molar-refractivity contribution in [3.63, 3.8) is 0 Å². The SMILES string of the molecule is CCC1CCCN(CCn2cc(N)ccc2=O)C1. The number of anilines is 1. The number of nitrogens with two attached hydrogens (primary N) is 1. The van der Waals surface area contributed by atoms with Crippen LogP contribution in [0.25, 0.3) is 0 Å². The molecule has 0 aromatic carbocycles. The molecule has 0 bridgehead atoms. The van der Waals surface area contributed by atoms with Gasteiger partial charge in [0.25, 0.3) is 5.56 Å². The summed E-state index contributed by atoms with van der Waals surface area (Å²) in [4.78, 5) is 14.1. The Balaban J connectivity index is 1.91. The minimum atomic E-state index is 0.0354. The van der Waals surface area contributed by atoms with Gasteiger partial charge in [-0.1, -0.05) is 13.3 Å². The zero-order valence-electron chi connectivity index (χ0n) is 11.1. The second kappa shape index (κ2) is 6.05. The predicted molar refractivity (Wildman–Crippen MR) is 74.6 cm³/mol. The van der Waals surface area contributed by atoms with Crippen LogP contribution >= 0.6 is 0 Å². The molecule has 1 saturated heterocycles. The van der Waals surface area contributed by atoms with Crippen molar-refractivity contribution in [1.29, 1.82) is 0 Å². The van der Waals surface area contributed by atoms with E-state index in [4.69, 9.17) is 5.73 Å². The van der Waals surface area contributed by atoms with Gasteiger partial charge < -0.3 is 15.2 Å². The van der Waals surface area contributed by atoms with Crippen molar-refractivity contribution in [2.75, 3.05) is 25.4 Å². The molecular formula is C14H23N3O. The molecule has 0 aliphatic carbocycles. The quantitative estimate of drug-likeness (QED) is 0.881. The minimum absolute atomic E-state index is 0.0354. The molecule has 2 N–H and O–H groups in total. The highest BCUT2D eigenvalue weighted by atomic mass is 16.1. The third-order valence-electron chi connectivity index (χ3n) is 3.84. The maximum atomic E-state index is 11.7. The first-order valence-corrected chi connectivity index (χ1v) is 6.87. The van der Waals surface area contributed by atoms with Gasteiger partial charge in [-0.05, 0) is 31.4 Å². The summed E-state index contributed by atoms with van der Waals surface area (Å²) in [6.07, 6.45) is 5.63. The Bertz CT molecular complexity index is 441. The predicted octanol–water partition coefficient (Wildman–Crippen LogP) is 1.55. The summed E-state index contributed by atoms with van der Waals surface area (Å²) in [6.45, 7) is 6.28. The first-order valence-electron chi connectivity index (χ1n) is 6.87. The number of nitrogens with zero attached hydrogens (tertiary/aromatic N) is 2. The fraction of sp³-hybridized carbons (Fsp3) is 0.643. The number of aromatic nitrogens is 1. The summed E-state index contributed by atoms with van der Waals surface area (Å²) in [5, 5.41) is 0. The molecule has 0 amide bonds. The molecule has 2 heterocycles. The summed E-state index contributed by atoms with van der Waals surface area (Å²) < 4.78 is 1.71. The fourth-order valence-electron chi connectivity index (χ4n) is 2.66.